The summed E-state index contributed by atoms with van der Waals surface area (Å²) in [7, 11) is 0. The van der Waals surface area contributed by atoms with Gasteiger partial charge in [0.05, 0.1) is 5.69 Å². The molecule has 0 aliphatic carbocycles. The van der Waals surface area contributed by atoms with Crippen molar-refractivity contribution in [1.82, 2.24) is 9.80 Å². The highest BCUT2D eigenvalue weighted by Gasteiger charge is 2.39. The Morgan fingerprint density at radius 3 is 2.72 bits per heavy atom. The van der Waals surface area contributed by atoms with Crippen molar-refractivity contribution < 1.29 is 18.7 Å². The van der Waals surface area contributed by atoms with E-state index in [1.165, 1.54) is 12.1 Å². The molecule has 2 aliphatic heterocycles. The molecule has 29 heavy (non-hydrogen) atoms. The van der Waals surface area contributed by atoms with E-state index in [0.717, 1.165) is 5.56 Å². The third-order valence-electron chi connectivity index (χ3n) is 5.22. The van der Waals surface area contributed by atoms with Crippen molar-refractivity contribution in [3.63, 3.8) is 0 Å². The highest BCUT2D eigenvalue weighted by atomic mass is 35.5. The Kier molecular flexibility index (Phi) is 5.43. The Bertz CT molecular complexity index is 937. The summed E-state index contributed by atoms with van der Waals surface area (Å²) >= 11 is 5.94. The van der Waals surface area contributed by atoms with Gasteiger partial charge in [-0.2, -0.15) is 0 Å². The Morgan fingerprint density at radius 2 is 2.00 bits per heavy atom. The Balaban J connectivity index is 1.40. The lowest BCUT2D eigenvalue weighted by atomic mass is 10.1. The molecule has 2 heterocycles. The van der Waals surface area contributed by atoms with E-state index in [1.807, 2.05) is 6.92 Å². The summed E-state index contributed by atoms with van der Waals surface area (Å²) in [6.07, 6.45) is -1.21. The van der Waals surface area contributed by atoms with Gasteiger partial charge >= 0.3 is 0 Å². The second-order valence-electron chi connectivity index (χ2n) is 7.37. The van der Waals surface area contributed by atoms with Crippen LogP contribution in [0.15, 0.2) is 42.5 Å². The monoisotopic (exact) mass is 417 g/mol. The molecule has 1 unspecified atom stereocenters. The van der Waals surface area contributed by atoms with E-state index in [2.05, 4.69) is 10.2 Å². The first-order valence-electron chi connectivity index (χ1n) is 9.45. The van der Waals surface area contributed by atoms with Gasteiger partial charge in [0, 0.05) is 37.2 Å². The molecule has 2 atom stereocenters. The second-order valence-corrected chi connectivity index (χ2v) is 7.81. The summed E-state index contributed by atoms with van der Waals surface area (Å²) < 4.78 is 18.8. The summed E-state index contributed by atoms with van der Waals surface area (Å²) in [6, 6.07) is 11.2. The highest BCUT2D eigenvalue weighted by molar-refractivity contribution is 6.31. The fourth-order valence-electron chi connectivity index (χ4n) is 3.75. The van der Waals surface area contributed by atoms with Crippen LogP contribution >= 0.6 is 11.6 Å². The number of piperazine rings is 1. The number of nitrogens with zero attached hydrogens (tertiary/aromatic N) is 2. The molecule has 0 spiro atoms. The fraction of sp³-hybridized carbons (Fsp3) is 0.333. The molecule has 1 fully saturated rings. The minimum atomic E-state index is -1.21. The predicted molar refractivity (Wildman–Crippen MR) is 107 cm³/mol. The van der Waals surface area contributed by atoms with Crippen LogP contribution in [0.4, 0.5) is 10.1 Å². The van der Waals surface area contributed by atoms with Crippen LogP contribution in [0, 0.1) is 5.82 Å². The molecule has 2 aromatic rings. The van der Waals surface area contributed by atoms with Gasteiger partial charge < -0.3 is 15.0 Å². The quantitative estimate of drug-likeness (QED) is 0.780. The molecule has 6 nitrogen and oxygen atoms in total. The van der Waals surface area contributed by atoms with E-state index in [9.17, 15) is 14.0 Å². The molecule has 8 heteroatoms. The first kappa shape index (κ1) is 19.7. The van der Waals surface area contributed by atoms with Gasteiger partial charge in [-0.3, -0.25) is 14.5 Å². The van der Waals surface area contributed by atoms with Gasteiger partial charge in [0.2, 0.25) is 0 Å². The molecule has 0 radical (unpaired) electrons. The molecule has 4 rings (SSSR count). The first-order valence-corrected chi connectivity index (χ1v) is 9.83. The van der Waals surface area contributed by atoms with Crippen LogP contribution in [0.25, 0.3) is 0 Å². The zero-order chi connectivity index (χ0) is 20.5. The number of carbonyl (C=O) groups excluding carboxylic acids is 2. The smallest absolute Gasteiger partial charge is 0.275 e. The second kappa shape index (κ2) is 8.00. The number of hydrogen-bond donors (Lipinski definition) is 1. The van der Waals surface area contributed by atoms with Crippen molar-refractivity contribution in [2.45, 2.75) is 25.6 Å². The van der Waals surface area contributed by atoms with Crippen molar-refractivity contribution in [1.29, 1.82) is 0 Å². The molecular formula is C21H21ClFN3O3. The van der Waals surface area contributed by atoms with E-state index in [-0.39, 0.29) is 17.8 Å². The Labute approximate surface area is 173 Å². The maximum atomic E-state index is 13.1. The molecule has 0 bridgehead atoms. The van der Waals surface area contributed by atoms with Crippen LogP contribution in [0.1, 0.15) is 12.5 Å². The zero-order valence-electron chi connectivity index (χ0n) is 15.9. The Hall–Kier alpha value is -2.64. The molecule has 2 aliphatic rings. The van der Waals surface area contributed by atoms with E-state index in [1.54, 1.807) is 35.2 Å². The van der Waals surface area contributed by atoms with Gasteiger partial charge in [-0.25, -0.2) is 4.39 Å². The summed E-state index contributed by atoms with van der Waals surface area (Å²) in [4.78, 5) is 29.3. The number of hydrogen-bond acceptors (Lipinski definition) is 4. The van der Waals surface area contributed by atoms with E-state index < -0.39 is 12.0 Å². The first-order chi connectivity index (χ1) is 13.9. The minimum absolute atomic E-state index is 0.0836. The maximum absolute atomic E-state index is 13.1. The lowest BCUT2D eigenvalue weighted by Gasteiger charge is -2.41. The number of ether oxygens (including phenoxy) is 1. The van der Waals surface area contributed by atoms with Crippen LogP contribution in [-0.4, -0.2) is 53.4 Å². The van der Waals surface area contributed by atoms with Crippen LogP contribution in [0.2, 0.25) is 5.02 Å². The molecule has 1 N–H and O–H groups in total. The average molecular weight is 418 g/mol. The zero-order valence-corrected chi connectivity index (χ0v) is 16.7. The van der Waals surface area contributed by atoms with Gasteiger partial charge in [-0.1, -0.05) is 23.7 Å². The van der Waals surface area contributed by atoms with Crippen LogP contribution in [0.3, 0.4) is 0 Å². The molecule has 0 aromatic heterocycles. The number of anilines is 1. The summed E-state index contributed by atoms with van der Waals surface area (Å²) in [5.41, 5.74) is 1.48. The molecule has 1 saturated heterocycles. The molecule has 0 saturated carbocycles. The number of carbonyl (C=O) groups is 2. The summed E-state index contributed by atoms with van der Waals surface area (Å²) in [6.45, 7) is 4.43. The van der Waals surface area contributed by atoms with Gasteiger partial charge in [-0.05, 0) is 42.8 Å². The largest absolute Gasteiger partial charge is 0.468 e. The number of nitrogens with one attached hydrogen (secondary N) is 1. The van der Waals surface area contributed by atoms with E-state index >= 15 is 0 Å². The van der Waals surface area contributed by atoms with E-state index in [4.69, 9.17) is 16.3 Å². The van der Waals surface area contributed by atoms with E-state index in [0.29, 0.717) is 42.6 Å². The third-order valence-corrected chi connectivity index (χ3v) is 5.46. The van der Waals surface area contributed by atoms with Crippen molar-refractivity contribution >= 4 is 29.1 Å². The standard InChI is InChI=1S/C21H21ClFN3O3/c1-13-11-25(12-14-2-5-16(23)6-3-14)8-9-26(13)21(28)19-20(27)24-17-10-15(22)4-7-18(17)29-19/h2-7,10,13,19H,8-9,11-12H2,1H3,(H,24,27)/t13-,19?/m1/s1. The van der Waals surface area contributed by atoms with Gasteiger partial charge in [-0.15, -0.1) is 0 Å². The van der Waals surface area contributed by atoms with Crippen LogP contribution < -0.4 is 10.1 Å². The SMILES string of the molecule is C[C@@H]1CN(Cc2ccc(F)cc2)CCN1C(=O)C1Oc2ccc(Cl)cc2NC1=O. The number of rotatable bonds is 3. The van der Waals surface area contributed by atoms with Crippen molar-refractivity contribution in [3.05, 3.63) is 58.9 Å². The van der Waals surface area contributed by atoms with Crippen LogP contribution in [-0.2, 0) is 16.1 Å². The number of fused-ring (bicyclic) bond motifs is 1. The van der Waals surface area contributed by atoms with Crippen molar-refractivity contribution in [2.75, 3.05) is 25.0 Å². The fourth-order valence-corrected chi connectivity index (χ4v) is 3.92. The highest BCUT2D eigenvalue weighted by Crippen LogP contribution is 2.32. The molecule has 2 aromatic carbocycles. The molecule has 152 valence electrons. The summed E-state index contributed by atoms with van der Waals surface area (Å²) in [5, 5.41) is 3.17. The molecular weight excluding hydrogens is 397 g/mol. The normalized spacial score (nSPS) is 21.9. The van der Waals surface area contributed by atoms with Crippen molar-refractivity contribution in [2.24, 2.45) is 0 Å². The number of benzene rings is 2. The van der Waals surface area contributed by atoms with Gasteiger partial charge in [0.1, 0.15) is 11.6 Å². The van der Waals surface area contributed by atoms with Crippen LogP contribution in [0.5, 0.6) is 5.75 Å². The third kappa shape index (κ3) is 4.21. The lowest BCUT2D eigenvalue weighted by Crippen LogP contribution is -2.59. The van der Waals surface area contributed by atoms with Gasteiger partial charge in [0.15, 0.2) is 0 Å². The summed E-state index contributed by atoms with van der Waals surface area (Å²) in [5.74, 6) is -0.676. The number of halogens is 2. The molecule has 2 amide bonds. The Morgan fingerprint density at radius 1 is 1.24 bits per heavy atom. The topological polar surface area (TPSA) is 61.9 Å². The minimum Gasteiger partial charge on any atom is -0.468 e. The van der Waals surface area contributed by atoms with Gasteiger partial charge in [0.25, 0.3) is 17.9 Å². The van der Waals surface area contributed by atoms with Crippen molar-refractivity contribution in [3.8, 4) is 5.75 Å². The average Bonchev–Trinajstić information content (AvgIpc) is 2.69. The lowest BCUT2D eigenvalue weighted by molar-refractivity contribution is -0.148. The predicted octanol–water partition coefficient (Wildman–Crippen LogP) is 2.91. The maximum Gasteiger partial charge on any atom is 0.275 e. The number of amides is 2.